The molecule has 1 aromatic heterocycles. The summed E-state index contributed by atoms with van der Waals surface area (Å²) in [6.07, 6.45) is 2.39. The van der Waals surface area contributed by atoms with Gasteiger partial charge in [-0.3, -0.25) is 4.79 Å². The molecular weight excluding hydrogens is 212 g/mol. The van der Waals surface area contributed by atoms with Gasteiger partial charge < -0.3 is 4.90 Å². The van der Waals surface area contributed by atoms with Crippen LogP contribution in [0.25, 0.3) is 0 Å². The summed E-state index contributed by atoms with van der Waals surface area (Å²) in [4.78, 5) is 17.4. The Morgan fingerprint density at radius 1 is 1.60 bits per heavy atom. The topological polar surface area (TPSA) is 33.2 Å². The number of hydrogen-bond donors (Lipinski definition) is 0. The van der Waals surface area contributed by atoms with Crippen LogP contribution in [-0.2, 0) is 11.3 Å². The van der Waals surface area contributed by atoms with E-state index in [1.807, 2.05) is 11.0 Å². The first kappa shape index (κ1) is 10.4. The SMILES string of the molecule is CC1CC(=O)N(Cc2ccc(Cl)nc2)C1. The highest BCUT2D eigenvalue weighted by Gasteiger charge is 2.26. The van der Waals surface area contributed by atoms with Gasteiger partial charge in [0.1, 0.15) is 5.15 Å². The zero-order valence-electron chi connectivity index (χ0n) is 8.61. The Morgan fingerprint density at radius 2 is 2.40 bits per heavy atom. The first-order chi connectivity index (χ1) is 7.15. The molecule has 15 heavy (non-hydrogen) atoms. The molecule has 0 saturated carbocycles. The van der Waals surface area contributed by atoms with Gasteiger partial charge in [0, 0.05) is 25.7 Å². The quantitative estimate of drug-likeness (QED) is 0.721. The molecule has 1 unspecified atom stereocenters. The summed E-state index contributed by atoms with van der Waals surface area (Å²) in [5.41, 5.74) is 1.03. The summed E-state index contributed by atoms with van der Waals surface area (Å²) < 4.78 is 0. The number of amides is 1. The van der Waals surface area contributed by atoms with Gasteiger partial charge in [-0.2, -0.15) is 0 Å². The fraction of sp³-hybridized carbons (Fsp3) is 0.455. The number of halogens is 1. The molecule has 2 heterocycles. The van der Waals surface area contributed by atoms with E-state index in [2.05, 4.69) is 11.9 Å². The minimum Gasteiger partial charge on any atom is -0.338 e. The van der Waals surface area contributed by atoms with Crippen LogP contribution in [0.5, 0.6) is 0 Å². The Balaban J connectivity index is 2.03. The van der Waals surface area contributed by atoms with Crippen molar-refractivity contribution in [2.24, 2.45) is 5.92 Å². The van der Waals surface area contributed by atoms with E-state index in [0.29, 0.717) is 24.0 Å². The molecule has 0 radical (unpaired) electrons. The zero-order chi connectivity index (χ0) is 10.8. The van der Waals surface area contributed by atoms with Gasteiger partial charge in [-0.1, -0.05) is 24.6 Å². The number of likely N-dealkylation sites (tertiary alicyclic amines) is 1. The average molecular weight is 225 g/mol. The normalized spacial score (nSPS) is 21.1. The van der Waals surface area contributed by atoms with Crippen LogP contribution in [0.4, 0.5) is 0 Å². The first-order valence-electron chi connectivity index (χ1n) is 5.03. The van der Waals surface area contributed by atoms with E-state index >= 15 is 0 Å². The lowest BCUT2D eigenvalue weighted by molar-refractivity contribution is -0.128. The van der Waals surface area contributed by atoms with Crippen molar-refractivity contribution in [3.8, 4) is 0 Å². The van der Waals surface area contributed by atoms with Crippen LogP contribution < -0.4 is 0 Å². The Kier molecular flexibility index (Phi) is 2.91. The number of rotatable bonds is 2. The molecule has 1 amide bonds. The third-order valence-electron chi connectivity index (χ3n) is 2.57. The highest BCUT2D eigenvalue weighted by Crippen LogP contribution is 2.19. The smallest absolute Gasteiger partial charge is 0.223 e. The lowest BCUT2D eigenvalue weighted by Crippen LogP contribution is -2.24. The molecule has 1 aliphatic rings. The van der Waals surface area contributed by atoms with E-state index in [0.717, 1.165) is 12.1 Å². The van der Waals surface area contributed by atoms with E-state index in [1.54, 1.807) is 12.3 Å². The summed E-state index contributed by atoms with van der Waals surface area (Å²) in [7, 11) is 0. The van der Waals surface area contributed by atoms with Gasteiger partial charge in [0.25, 0.3) is 0 Å². The Labute approximate surface area is 94.1 Å². The number of hydrogen-bond acceptors (Lipinski definition) is 2. The third kappa shape index (κ3) is 2.48. The van der Waals surface area contributed by atoms with Crippen LogP contribution >= 0.6 is 11.6 Å². The Morgan fingerprint density at radius 3 is 2.93 bits per heavy atom. The van der Waals surface area contributed by atoms with Gasteiger partial charge in [0.05, 0.1) is 0 Å². The maximum Gasteiger partial charge on any atom is 0.223 e. The molecule has 0 aromatic carbocycles. The number of pyridine rings is 1. The van der Waals surface area contributed by atoms with E-state index in [1.165, 1.54) is 0 Å². The second kappa shape index (κ2) is 4.19. The molecule has 1 aliphatic heterocycles. The van der Waals surface area contributed by atoms with Crippen molar-refractivity contribution in [2.75, 3.05) is 6.54 Å². The van der Waals surface area contributed by atoms with E-state index < -0.39 is 0 Å². The minimum atomic E-state index is 0.234. The van der Waals surface area contributed by atoms with Crippen molar-refractivity contribution in [1.29, 1.82) is 0 Å². The molecule has 1 saturated heterocycles. The molecule has 1 aromatic rings. The number of carbonyl (C=O) groups is 1. The molecule has 0 spiro atoms. The summed E-state index contributed by atoms with van der Waals surface area (Å²) >= 11 is 5.69. The van der Waals surface area contributed by atoms with Crippen molar-refractivity contribution in [3.05, 3.63) is 29.0 Å². The predicted molar refractivity (Wildman–Crippen MR) is 58.4 cm³/mol. The van der Waals surface area contributed by atoms with E-state index in [9.17, 15) is 4.79 Å². The van der Waals surface area contributed by atoms with Gasteiger partial charge >= 0.3 is 0 Å². The maximum absolute atomic E-state index is 11.5. The van der Waals surface area contributed by atoms with Gasteiger partial charge in [-0.15, -0.1) is 0 Å². The fourth-order valence-corrected chi connectivity index (χ4v) is 1.95. The first-order valence-corrected chi connectivity index (χ1v) is 5.41. The lowest BCUT2D eigenvalue weighted by atomic mass is 10.2. The average Bonchev–Trinajstić information content (AvgIpc) is 2.49. The summed E-state index contributed by atoms with van der Waals surface area (Å²) in [5.74, 6) is 0.704. The number of aromatic nitrogens is 1. The van der Waals surface area contributed by atoms with Gasteiger partial charge in [0.2, 0.25) is 5.91 Å². The molecular formula is C11H13ClN2O. The summed E-state index contributed by atoms with van der Waals surface area (Å²) in [5, 5.41) is 0.486. The minimum absolute atomic E-state index is 0.234. The number of nitrogens with zero attached hydrogens (tertiary/aromatic N) is 2. The van der Waals surface area contributed by atoms with Crippen molar-refractivity contribution in [2.45, 2.75) is 19.9 Å². The molecule has 1 fully saturated rings. The van der Waals surface area contributed by atoms with E-state index in [-0.39, 0.29) is 5.91 Å². The zero-order valence-corrected chi connectivity index (χ0v) is 9.37. The largest absolute Gasteiger partial charge is 0.338 e. The Bertz CT molecular complexity index is 363. The summed E-state index contributed by atoms with van der Waals surface area (Å²) in [6, 6.07) is 3.66. The van der Waals surface area contributed by atoms with Crippen LogP contribution in [0.3, 0.4) is 0 Å². The van der Waals surface area contributed by atoms with Crippen molar-refractivity contribution >= 4 is 17.5 Å². The van der Waals surface area contributed by atoms with Crippen molar-refractivity contribution < 1.29 is 4.79 Å². The molecule has 0 aliphatic carbocycles. The second-order valence-electron chi connectivity index (χ2n) is 4.07. The van der Waals surface area contributed by atoms with E-state index in [4.69, 9.17) is 11.6 Å². The molecule has 0 N–H and O–H groups in total. The van der Waals surface area contributed by atoms with Crippen LogP contribution in [0, 0.1) is 5.92 Å². The third-order valence-corrected chi connectivity index (χ3v) is 2.79. The monoisotopic (exact) mass is 224 g/mol. The van der Waals surface area contributed by atoms with Gasteiger partial charge in [-0.25, -0.2) is 4.98 Å². The highest BCUT2D eigenvalue weighted by molar-refractivity contribution is 6.29. The molecule has 0 bridgehead atoms. The molecule has 3 nitrogen and oxygen atoms in total. The molecule has 4 heteroatoms. The van der Waals surface area contributed by atoms with Crippen LogP contribution in [0.1, 0.15) is 18.9 Å². The van der Waals surface area contributed by atoms with Gasteiger partial charge in [-0.05, 0) is 17.5 Å². The maximum atomic E-state index is 11.5. The fourth-order valence-electron chi connectivity index (χ4n) is 1.84. The van der Waals surface area contributed by atoms with Crippen LogP contribution in [0.2, 0.25) is 5.15 Å². The van der Waals surface area contributed by atoms with Crippen molar-refractivity contribution in [1.82, 2.24) is 9.88 Å². The predicted octanol–water partition coefficient (Wildman–Crippen LogP) is 2.10. The van der Waals surface area contributed by atoms with Gasteiger partial charge in [0.15, 0.2) is 0 Å². The summed E-state index contributed by atoms with van der Waals surface area (Å²) in [6.45, 7) is 3.59. The molecule has 1 atom stereocenters. The Hall–Kier alpha value is -1.09. The second-order valence-corrected chi connectivity index (χ2v) is 4.46. The highest BCUT2D eigenvalue weighted by atomic mass is 35.5. The number of carbonyl (C=O) groups excluding carboxylic acids is 1. The standard InChI is InChI=1S/C11H13ClN2O/c1-8-4-11(15)14(6-8)7-9-2-3-10(12)13-5-9/h2-3,5,8H,4,6-7H2,1H3. The lowest BCUT2D eigenvalue weighted by Gasteiger charge is -2.15. The van der Waals surface area contributed by atoms with Crippen LogP contribution in [-0.4, -0.2) is 22.3 Å². The molecule has 2 rings (SSSR count). The van der Waals surface area contributed by atoms with Crippen molar-refractivity contribution in [3.63, 3.8) is 0 Å². The molecule has 80 valence electrons. The van der Waals surface area contributed by atoms with Crippen LogP contribution in [0.15, 0.2) is 18.3 Å².